The van der Waals surface area contributed by atoms with Gasteiger partial charge >= 0.3 is 0 Å². The van der Waals surface area contributed by atoms with E-state index in [0.29, 0.717) is 13.1 Å². The maximum absolute atomic E-state index is 12.3. The second kappa shape index (κ2) is 9.21. The van der Waals surface area contributed by atoms with E-state index in [9.17, 15) is 9.59 Å². The fourth-order valence-electron chi connectivity index (χ4n) is 3.17. The second-order valence-electron chi connectivity index (χ2n) is 6.65. The zero-order valence-corrected chi connectivity index (χ0v) is 15.1. The fourth-order valence-corrected chi connectivity index (χ4v) is 3.17. The first-order valence-electron chi connectivity index (χ1n) is 8.73. The van der Waals surface area contributed by atoms with Crippen molar-refractivity contribution in [3.05, 3.63) is 29.3 Å². The van der Waals surface area contributed by atoms with Gasteiger partial charge in [0.2, 0.25) is 0 Å². The Hall–Kier alpha value is -2.36. The van der Waals surface area contributed by atoms with Gasteiger partial charge in [0.05, 0.1) is 6.54 Å². The molecule has 1 aromatic rings. The zero-order chi connectivity index (χ0) is 18.2. The van der Waals surface area contributed by atoms with Gasteiger partial charge in [0.15, 0.2) is 13.1 Å². The maximum Gasteiger partial charge on any atom is 0.279 e. The molecular formula is C19H28N4O2+2. The first kappa shape index (κ1) is 19.0. The number of rotatable bonds is 6. The van der Waals surface area contributed by atoms with Crippen LogP contribution in [0.15, 0.2) is 18.2 Å². The standard InChI is InChI=1S/C19H26N4O2/c1-4-8-20-17(24)13-22-9-11-23(12-10-22)14-18(25)21-19-15(2)6-5-7-16(19)3/h1,5-7H,8-14H2,2-3H3,(H,20,24)(H,21,25)/p+2. The highest BCUT2D eigenvalue weighted by molar-refractivity contribution is 5.93. The van der Waals surface area contributed by atoms with Crippen LogP contribution >= 0.6 is 0 Å². The highest BCUT2D eigenvalue weighted by Gasteiger charge is 2.26. The summed E-state index contributed by atoms with van der Waals surface area (Å²) in [5, 5.41) is 5.74. The third-order valence-electron chi connectivity index (χ3n) is 4.62. The number of nitrogens with one attached hydrogen (secondary N) is 4. The highest BCUT2D eigenvalue weighted by atomic mass is 16.2. The molecule has 0 aromatic heterocycles. The smallest absolute Gasteiger partial charge is 0.279 e. The van der Waals surface area contributed by atoms with Gasteiger partial charge in [0, 0.05) is 5.69 Å². The summed E-state index contributed by atoms with van der Waals surface area (Å²) in [6.45, 7) is 8.74. The van der Waals surface area contributed by atoms with Gasteiger partial charge in [0.1, 0.15) is 26.2 Å². The normalized spacial score (nSPS) is 19.7. The minimum absolute atomic E-state index is 0.0100. The van der Waals surface area contributed by atoms with E-state index in [2.05, 4.69) is 16.6 Å². The Labute approximate surface area is 149 Å². The lowest BCUT2D eigenvalue weighted by molar-refractivity contribution is -1.00. The molecule has 1 fully saturated rings. The number of benzene rings is 1. The van der Waals surface area contributed by atoms with Crippen LogP contribution < -0.4 is 20.4 Å². The molecule has 0 bridgehead atoms. The maximum atomic E-state index is 12.3. The molecule has 0 radical (unpaired) electrons. The van der Waals surface area contributed by atoms with E-state index in [1.165, 1.54) is 9.80 Å². The molecule has 0 saturated carbocycles. The summed E-state index contributed by atoms with van der Waals surface area (Å²) in [5.74, 6) is 2.44. The molecule has 2 amide bonds. The molecule has 0 atom stereocenters. The van der Waals surface area contributed by atoms with Crippen LogP contribution in [-0.2, 0) is 9.59 Å². The fraction of sp³-hybridized carbons (Fsp3) is 0.474. The number of carbonyl (C=O) groups is 2. The van der Waals surface area contributed by atoms with E-state index in [1.54, 1.807) is 0 Å². The van der Waals surface area contributed by atoms with Gasteiger partial charge in [-0.25, -0.2) is 0 Å². The van der Waals surface area contributed by atoms with Gasteiger partial charge < -0.3 is 20.4 Å². The van der Waals surface area contributed by atoms with Crippen molar-refractivity contribution in [2.24, 2.45) is 0 Å². The van der Waals surface area contributed by atoms with E-state index in [4.69, 9.17) is 6.42 Å². The summed E-state index contributed by atoms with van der Waals surface area (Å²) in [6, 6.07) is 6.00. The predicted molar refractivity (Wildman–Crippen MR) is 97.5 cm³/mol. The molecular weight excluding hydrogens is 316 g/mol. The number of piperazine rings is 1. The molecule has 1 aromatic carbocycles. The van der Waals surface area contributed by atoms with Gasteiger partial charge in [-0.2, -0.15) is 0 Å². The third kappa shape index (κ3) is 5.89. The molecule has 1 heterocycles. The van der Waals surface area contributed by atoms with Gasteiger partial charge in [-0.1, -0.05) is 24.1 Å². The molecule has 2 rings (SSSR count). The van der Waals surface area contributed by atoms with Crippen molar-refractivity contribution in [2.45, 2.75) is 13.8 Å². The number of hydrogen-bond donors (Lipinski definition) is 4. The Morgan fingerprint density at radius 2 is 1.56 bits per heavy atom. The van der Waals surface area contributed by atoms with Crippen LogP contribution in [0.25, 0.3) is 0 Å². The van der Waals surface area contributed by atoms with Crippen LogP contribution in [0.1, 0.15) is 11.1 Å². The number of quaternary nitrogens is 2. The van der Waals surface area contributed by atoms with Crippen LogP contribution in [0.2, 0.25) is 0 Å². The Balaban J connectivity index is 1.75. The monoisotopic (exact) mass is 344 g/mol. The number of amides is 2. The molecule has 6 heteroatoms. The molecule has 1 aliphatic heterocycles. The van der Waals surface area contributed by atoms with Crippen molar-refractivity contribution in [1.82, 2.24) is 5.32 Å². The van der Waals surface area contributed by atoms with Gasteiger partial charge in [-0.05, 0) is 25.0 Å². The van der Waals surface area contributed by atoms with Crippen molar-refractivity contribution in [3.8, 4) is 12.3 Å². The van der Waals surface area contributed by atoms with E-state index >= 15 is 0 Å². The molecule has 25 heavy (non-hydrogen) atoms. The minimum atomic E-state index is -0.0100. The number of aryl methyl sites for hydroxylation is 2. The number of terminal acetylenes is 1. The number of carbonyl (C=O) groups excluding carboxylic acids is 2. The van der Waals surface area contributed by atoms with E-state index in [-0.39, 0.29) is 18.4 Å². The van der Waals surface area contributed by atoms with E-state index in [1.807, 2.05) is 32.0 Å². The topological polar surface area (TPSA) is 67.1 Å². The molecule has 6 nitrogen and oxygen atoms in total. The van der Waals surface area contributed by atoms with Crippen LogP contribution in [-0.4, -0.2) is 57.6 Å². The summed E-state index contributed by atoms with van der Waals surface area (Å²) in [5.41, 5.74) is 3.08. The molecule has 1 saturated heterocycles. The summed E-state index contributed by atoms with van der Waals surface area (Å²) in [7, 11) is 0. The van der Waals surface area contributed by atoms with Crippen molar-refractivity contribution in [3.63, 3.8) is 0 Å². The lowest BCUT2D eigenvalue weighted by atomic mass is 10.1. The Morgan fingerprint density at radius 1 is 1.04 bits per heavy atom. The van der Waals surface area contributed by atoms with Crippen LogP contribution in [0.3, 0.4) is 0 Å². The van der Waals surface area contributed by atoms with Gasteiger partial charge in [-0.15, -0.1) is 6.42 Å². The molecule has 134 valence electrons. The third-order valence-corrected chi connectivity index (χ3v) is 4.62. The number of hydrogen-bond acceptors (Lipinski definition) is 2. The Morgan fingerprint density at radius 3 is 2.08 bits per heavy atom. The summed E-state index contributed by atoms with van der Waals surface area (Å²) < 4.78 is 0. The summed E-state index contributed by atoms with van der Waals surface area (Å²) >= 11 is 0. The van der Waals surface area contributed by atoms with Crippen LogP contribution in [0.4, 0.5) is 5.69 Å². The Bertz CT molecular complexity index is 638. The zero-order valence-electron chi connectivity index (χ0n) is 15.1. The summed E-state index contributed by atoms with van der Waals surface area (Å²) in [6.07, 6.45) is 5.14. The first-order chi connectivity index (χ1) is 12.0. The second-order valence-corrected chi connectivity index (χ2v) is 6.65. The Kier molecular flexibility index (Phi) is 6.99. The van der Waals surface area contributed by atoms with E-state index in [0.717, 1.165) is 43.0 Å². The largest absolute Gasteiger partial charge is 0.340 e. The first-order valence-corrected chi connectivity index (χ1v) is 8.73. The van der Waals surface area contributed by atoms with Crippen molar-refractivity contribution >= 4 is 17.5 Å². The predicted octanol–water partition coefficient (Wildman–Crippen LogP) is -2.23. The lowest BCUT2D eigenvalue weighted by Crippen LogP contribution is -3.28. The highest BCUT2D eigenvalue weighted by Crippen LogP contribution is 2.18. The molecule has 0 unspecified atom stereocenters. The SMILES string of the molecule is C#CCNC(=O)C[NH+]1CC[NH+](CC(=O)Nc2c(C)cccc2C)CC1. The van der Waals surface area contributed by atoms with Crippen LogP contribution in [0, 0.1) is 26.2 Å². The minimum Gasteiger partial charge on any atom is -0.340 e. The molecule has 1 aliphatic rings. The van der Waals surface area contributed by atoms with Crippen molar-refractivity contribution < 1.29 is 19.4 Å². The lowest BCUT2D eigenvalue weighted by Gasteiger charge is -2.29. The average molecular weight is 344 g/mol. The summed E-state index contributed by atoms with van der Waals surface area (Å²) in [4.78, 5) is 26.5. The van der Waals surface area contributed by atoms with Crippen LogP contribution in [0.5, 0.6) is 0 Å². The molecule has 0 spiro atoms. The van der Waals surface area contributed by atoms with E-state index < -0.39 is 0 Å². The molecule has 0 aliphatic carbocycles. The van der Waals surface area contributed by atoms with Crippen molar-refractivity contribution in [1.29, 1.82) is 0 Å². The van der Waals surface area contributed by atoms with Gasteiger partial charge in [0.25, 0.3) is 11.8 Å². The average Bonchev–Trinajstić information content (AvgIpc) is 2.58. The van der Waals surface area contributed by atoms with Gasteiger partial charge in [-0.3, -0.25) is 9.59 Å². The quantitative estimate of drug-likeness (QED) is 0.442. The number of para-hydroxylation sites is 1. The number of anilines is 1. The molecule has 4 N–H and O–H groups in total. The van der Waals surface area contributed by atoms with Crippen molar-refractivity contribution in [2.75, 3.05) is 51.1 Å².